The van der Waals surface area contributed by atoms with Gasteiger partial charge in [-0.2, -0.15) is 0 Å². The summed E-state index contributed by atoms with van der Waals surface area (Å²) in [6.45, 7) is 1.85. The van der Waals surface area contributed by atoms with Crippen LogP contribution in [0.4, 0.5) is 0 Å². The van der Waals surface area contributed by atoms with Crippen LogP contribution in [0.3, 0.4) is 0 Å². The second-order valence-electron chi connectivity index (χ2n) is 11.9. The Morgan fingerprint density at radius 2 is 1.22 bits per heavy atom. The normalized spacial score (nSPS) is 12.2. The summed E-state index contributed by atoms with van der Waals surface area (Å²) in [4.78, 5) is 12.3. The highest BCUT2D eigenvalue weighted by atomic mass is 16.5. The van der Waals surface area contributed by atoms with Crippen LogP contribution in [0.25, 0.3) is 32.3 Å². The van der Waals surface area contributed by atoms with E-state index >= 15 is 0 Å². The van der Waals surface area contributed by atoms with Gasteiger partial charge in [-0.25, -0.2) is 0 Å². The molecule has 0 saturated carbocycles. The molecule has 4 rings (SSSR count). The second-order valence-corrected chi connectivity index (χ2v) is 11.9. The van der Waals surface area contributed by atoms with E-state index in [1.165, 1.54) is 89.4 Å². The summed E-state index contributed by atoms with van der Waals surface area (Å²) in [5.74, 6) is -0.0495. The van der Waals surface area contributed by atoms with Crippen LogP contribution in [-0.2, 0) is 16.0 Å². The Hall–Kier alpha value is -2.65. The van der Waals surface area contributed by atoms with Gasteiger partial charge in [0.05, 0.1) is 34.3 Å². The van der Waals surface area contributed by atoms with Crippen molar-refractivity contribution in [2.45, 2.75) is 77.0 Å². The van der Waals surface area contributed by atoms with Gasteiger partial charge in [0.25, 0.3) is 0 Å². The average molecular weight is 501 g/mol. The first-order valence-electron chi connectivity index (χ1n) is 14.5. The molecule has 0 radical (unpaired) electrons. The zero-order chi connectivity index (χ0) is 26.1. The number of carbonyl (C=O) groups excluding carboxylic acids is 1. The number of quaternary nitrogens is 1. The van der Waals surface area contributed by atoms with Gasteiger partial charge in [-0.3, -0.25) is 4.79 Å². The van der Waals surface area contributed by atoms with E-state index in [2.05, 4.69) is 75.7 Å². The second kappa shape index (κ2) is 13.2. The van der Waals surface area contributed by atoms with Crippen LogP contribution in [0.5, 0.6) is 0 Å². The summed E-state index contributed by atoms with van der Waals surface area (Å²) in [5.41, 5.74) is 1.33. The number of unbranched alkanes of at least 4 members (excludes halogenated alkanes) is 8. The Morgan fingerprint density at radius 3 is 1.89 bits per heavy atom. The minimum absolute atomic E-state index is 0.0495. The lowest BCUT2D eigenvalue weighted by atomic mass is 9.90. The van der Waals surface area contributed by atoms with E-state index in [1.807, 2.05) is 0 Å². The van der Waals surface area contributed by atoms with Gasteiger partial charge in [-0.05, 0) is 70.0 Å². The van der Waals surface area contributed by atoms with Crippen LogP contribution in [-0.4, -0.2) is 44.7 Å². The third-order valence-corrected chi connectivity index (χ3v) is 7.68. The first-order valence-corrected chi connectivity index (χ1v) is 14.5. The molecule has 4 aromatic carbocycles. The van der Waals surface area contributed by atoms with Crippen molar-refractivity contribution in [3.8, 4) is 0 Å². The number of aryl methyl sites for hydroxylation is 1. The lowest BCUT2D eigenvalue weighted by molar-refractivity contribution is -0.870. The first kappa shape index (κ1) is 27.4. The van der Waals surface area contributed by atoms with E-state index in [9.17, 15) is 4.79 Å². The van der Waals surface area contributed by atoms with Gasteiger partial charge in [0.1, 0.15) is 0 Å². The topological polar surface area (TPSA) is 26.3 Å². The summed E-state index contributed by atoms with van der Waals surface area (Å²) in [7, 11) is 6.81. The molecular formula is C34H46NO2+. The van der Waals surface area contributed by atoms with Crippen LogP contribution in [0, 0.1) is 0 Å². The van der Waals surface area contributed by atoms with E-state index in [-0.39, 0.29) is 5.97 Å². The number of rotatable bonds is 16. The Balaban J connectivity index is 1.09. The molecule has 198 valence electrons. The summed E-state index contributed by atoms with van der Waals surface area (Å²) >= 11 is 0. The number of hydrogen-bond donors (Lipinski definition) is 0. The van der Waals surface area contributed by atoms with Crippen molar-refractivity contribution >= 4 is 38.3 Å². The molecule has 0 aliphatic heterocycles. The minimum atomic E-state index is -0.0495. The zero-order valence-electron chi connectivity index (χ0n) is 23.4. The van der Waals surface area contributed by atoms with Crippen molar-refractivity contribution in [2.24, 2.45) is 0 Å². The highest BCUT2D eigenvalue weighted by molar-refractivity contribution is 6.23. The maximum absolute atomic E-state index is 12.3. The van der Waals surface area contributed by atoms with Crippen molar-refractivity contribution in [3.63, 3.8) is 0 Å². The quantitative estimate of drug-likeness (QED) is 0.0666. The molecule has 3 nitrogen and oxygen atoms in total. The summed E-state index contributed by atoms with van der Waals surface area (Å²) < 4.78 is 6.59. The summed E-state index contributed by atoms with van der Waals surface area (Å²) in [6.07, 6.45) is 13.7. The molecule has 0 heterocycles. The third-order valence-electron chi connectivity index (χ3n) is 7.68. The Labute approximate surface area is 223 Å². The molecule has 0 amide bonds. The fourth-order valence-corrected chi connectivity index (χ4v) is 5.62. The van der Waals surface area contributed by atoms with Gasteiger partial charge < -0.3 is 9.22 Å². The predicted octanol–water partition coefficient (Wildman–Crippen LogP) is 8.67. The van der Waals surface area contributed by atoms with Crippen LogP contribution < -0.4 is 0 Å². The molecule has 0 aliphatic carbocycles. The monoisotopic (exact) mass is 500 g/mol. The third kappa shape index (κ3) is 7.92. The van der Waals surface area contributed by atoms with E-state index in [0.29, 0.717) is 13.0 Å². The fraction of sp³-hybridized carbons (Fsp3) is 0.500. The maximum atomic E-state index is 12.3. The SMILES string of the molecule is C[N+](C)(C)CCCCCCCCCCCOC(=O)CCCc1ccc2ccc3cccc4ccc1c2c34. The molecule has 3 heteroatoms. The Bertz CT molecular complexity index is 1250. The van der Waals surface area contributed by atoms with Crippen molar-refractivity contribution in [3.05, 3.63) is 60.2 Å². The lowest BCUT2D eigenvalue weighted by Gasteiger charge is -2.23. The smallest absolute Gasteiger partial charge is 0.305 e. The molecule has 0 spiro atoms. The van der Waals surface area contributed by atoms with Gasteiger partial charge in [0.2, 0.25) is 0 Å². The van der Waals surface area contributed by atoms with Crippen molar-refractivity contribution in [2.75, 3.05) is 34.3 Å². The lowest BCUT2D eigenvalue weighted by Crippen LogP contribution is -2.35. The number of esters is 1. The number of hydrogen-bond acceptors (Lipinski definition) is 2. The molecule has 0 saturated heterocycles. The largest absolute Gasteiger partial charge is 0.466 e. The van der Waals surface area contributed by atoms with Crippen LogP contribution in [0.15, 0.2) is 54.6 Å². The van der Waals surface area contributed by atoms with Crippen LogP contribution in [0.2, 0.25) is 0 Å². The van der Waals surface area contributed by atoms with Crippen LogP contribution >= 0.6 is 0 Å². The molecule has 0 atom stereocenters. The van der Waals surface area contributed by atoms with Crippen molar-refractivity contribution < 1.29 is 14.0 Å². The fourth-order valence-electron chi connectivity index (χ4n) is 5.62. The first-order chi connectivity index (χ1) is 17.9. The summed E-state index contributed by atoms with van der Waals surface area (Å²) in [6, 6.07) is 19.9. The van der Waals surface area contributed by atoms with E-state index in [0.717, 1.165) is 30.2 Å². The molecule has 37 heavy (non-hydrogen) atoms. The number of ether oxygens (including phenoxy) is 1. The molecule has 0 N–H and O–H groups in total. The average Bonchev–Trinajstić information content (AvgIpc) is 2.88. The molecule has 0 aliphatic rings. The minimum Gasteiger partial charge on any atom is -0.466 e. The van der Waals surface area contributed by atoms with Crippen molar-refractivity contribution in [1.82, 2.24) is 0 Å². The Morgan fingerprint density at radius 1 is 0.649 bits per heavy atom. The van der Waals surface area contributed by atoms with Crippen LogP contribution in [0.1, 0.15) is 76.2 Å². The van der Waals surface area contributed by atoms with Crippen molar-refractivity contribution in [1.29, 1.82) is 0 Å². The standard InChI is InChI=1S/C34H46NO2/c1-35(2,3)25-11-9-7-5-4-6-8-10-12-26-37-32(36)18-14-15-27-19-20-30-22-21-28-16-13-17-29-23-24-31(27)34(30)33(28)29/h13,16-17,19-24H,4-12,14-15,18,25-26H2,1-3H3/q+1. The molecule has 0 bridgehead atoms. The molecule has 4 aromatic rings. The number of benzene rings is 4. The van der Waals surface area contributed by atoms with Gasteiger partial charge in [0.15, 0.2) is 0 Å². The summed E-state index contributed by atoms with van der Waals surface area (Å²) in [5, 5.41) is 7.91. The molecular weight excluding hydrogens is 454 g/mol. The zero-order valence-corrected chi connectivity index (χ0v) is 23.4. The highest BCUT2D eigenvalue weighted by Crippen LogP contribution is 2.36. The van der Waals surface area contributed by atoms with Gasteiger partial charge in [0, 0.05) is 6.42 Å². The number of carbonyl (C=O) groups is 1. The Kier molecular flexibility index (Phi) is 9.80. The van der Waals surface area contributed by atoms with E-state index in [4.69, 9.17) is 4.74 Å². The highest BCUT2D eigenvalue weighted by Gasteiger charge is 2.11. The van der Waals surface area contributed by atoms with Gasteiger partial charge in [-0.15, -0.1) is 0 Å². The van der Waals surface area contributed by atoms with E-state index < -0.39 is 0 Å². The van der Waals surface area contributed by atoms with Gasteiger partial charge in [-0.1, -0.05) is 93.1 Å². The number of nitrogens with zero attached hydrogens (tertiary/aromatic N) is 1. The molecule has 0 aromatic heterocycles. The molecule has 0 fully saturated rings. The maximum Gasteiger partial charge on any atom is 0.305 e. The van der Waals surface area contributed by atoms with E-state index in [1.54, 1.807) is 0 Å². The van der Waals surface area contributed by atoms with Gasteiger partial charge >= 0.3 is 5.97 Å². The molecule has 0 unspecified atom stereocenters. The predicted molar refractivity (Wildman–Crippen MR) is 158 cm³/mol.